The Bertz CT molecular complexity index is 231. The second-order valence-electron chi connectivity index (χ2n) is 5.65. The van der Waals surface area contributed by atoms with Crippen molar-refractivity contribution in [2.75, 3.05) is 32.7 Å². The zero-order valence-electron chi connectivity index (χ0n) is 12.3. The lowest BCUT2D eigenvalue weighted by atomic mass is 10.1. The smallest absolute Gasteiger partial charge is 0.0707 e. The number of nitrogens with one attached hydrogen (secondary N) is 1. The van der Waals surface area contributed by atoms with Crippen molar-refractivity contribution in [2.24, 2.45) is 5.92 Å². The van der Waals surface area contributed by atoms with Crippen LogP contribution in [0.4, 0.5) is 0 Å². The molecule has 0 bridgehead atoms. The number of ether oxygens (including phenoxy) is 1. The third-order valence-corrected chi connectivity index (χ3v) is 3.42. The molecule has 0 radical (unpaired) electrons. The number of likely N-dealkylation sites (N-methyl/N-ethyl adjacent to an activating group) is 1. The van der Waals surface area contributed by atoms with E-state index in [1.165, 1.54) is 12.8 Å². The van der Waals surface area contributed by atoms with Gasteiger partial charge in [0.05, 0.1) is 12.2 Å². The normalized spacial score (nSPS) is 24.1. The molecule has 1 aliphatic rings. The Morgan fingerprint density at radius 3 is 2.72 bits per heavy atom. The largest absolute Gasteiger partial charge is 0.372 e. The quantitative estimate of drug-likeness (QED) is 0.639. The van der Waals surface area contributed by atoms with Crippen LogP contribution in [0.1, 0.15) is 33.6 Å². The molecule has 3 heteroatoms. The molecule has 2 unspecified atom stereocenters. The molecule has 0 aromatic rings. The maximum Gasteiger partial charge on any atom is 0.0707 e. The summed E-state index contributed by atoms with van der Waals surface area (Å²) in [5.74, 6) is 0.713. The van der Waals surface area contributed by atoms with Gasteiger partial charge in [0.1, 0.15) is 0 Å². The first-order valence-corrected chi connectivity index (χ1v) is 7.35. The highest BCUT2D eigenvalue weighted by Crippen LogP contribution is 2.20. The van der Waals surface area contributed by atoms with Gasteiger partial charge in [-0.25, -0.2) is 0 Å². The molecule has 1 N–H and O–H groups in total. The van der Waals surface area contributed by atoms with Gasteiger partial charge >= 0.3 is 0 Å². The van der Waals surface area contributed by atoms with Gasteiger partial charge in [0, 0.05) is 19.6 Å². The fourth-order valence-corrected chi connectivity index (χ4v) is 2.40. The maximum absolute atomic E-state index is 6.08. The summed E-state index contributed by atoms with van der Waals surface area (Å²) in [4.78, 5) is 2.39. The van der Waals surface area contributed by atoms with Crippen LogP contribution < -0.4 is 5.32 Å². The second kappa shape index (κ2) is 8.68. The lowest BCUT2D eigenvalue weighted by molar-refractivity contribution is 0.0261. The van der Waals surface area contributed by atoms with E-state index in [1.54, 1.807) is 0 Å². The van der Waals surface area contributed by atoms with Gasteiger partial charge in [-0.15, -0.1) is 6.58 Å². The predicted molar refractivity (Wildman–Crippen MR) is 77.9 cm³/mol. The van der Waals surface area contributed by atoms with Gasteiger partial charge in [0.2, 0.25) is 0 Å². The third kappa shape index (κ3) is 5.98. The van der Waals surface area contributed by atoms with Crippen molar-refractivity contribution >= 4 is 0 Å². The van der Waals surface area contributed by atoms with Gasteiger partial charge in [-0.1, -0.05) is 26.8 Å². The van der Waals surface area contributed by atoms with Crippen LogP contribution in [0.2, 0.25) is 0 Å². The number of rotatable bonds is 9. The van der Waals surface area contributed by atoms with E-state index in [-0.39, 0.29) is 0 Å². The summed E-state index contributed by atoms with van der Waals surface area (Å²) in [6, 6.07) is 0. The molecule has 0 aromatic carbocycles. The highest BCUT2D eigenvalue weighted by molar-refractivity contribution is 4.80. The molecule has 0 amide bonds. The van der Waals surface area contributed by atoms with Gasteiger partial charge in [0.25, 0.3) is 0 Å². The lowest BCUT2D eigenvalue weighted by Crippen LogP contribution is -2.34. The van der Waals surface area contributed by atoms with Crippen molar-refractivity contribution in [2.45, 2.75) is 45.8 Å². The van der Waals surface area contributed by atoms with Crippen molar-refractivity contribution in [1.82, 2.24) is 10.2 Å². The highest BCUT2D eigenvalue weighted by Gasteiger charge is 2.25. The minimum absolute atomic E-state index is 0.413. The third-order valence-electron chi connectivity index (χ3n) is 3.42. The molecule has 2 atom stereocenters. The molecular formula is C15H30N2O. The number of nitrogens with zero attached hydrogens (tertiary/aromatic N) is 1. The van der Waals surface area contributed by atoms with E-state index >= 15 is 0 Å². The van der Waals surface area contributed by atoms with Crippen LogP contribution >= 0.6 is 0 Å². The first-order chi connectivity index (χ1) is 8.65. The molecule has 1 saturated heterocycles. The van der Waals surface area contributed by atoms with Crippen molar-refractivity contribution < 1.29 is 4.74 Å². The van der Waals surface area contributed by atoms with Gasteiger partial charge in [0.15, 0.2) is 0 Å². The van der Waals surface area contributed by atoms with Crippen molar-refractivity contribution in [1.29, 1.82) is 0 Å². The van der Waals surface area contributed by atoms with Crippen LogP contribution in [0.15, 0.2) is 12.7 Å². The zero-order chi connectivity index (χ0) is 13.4. The van der Waals surface area contributed by atoms with Gasteiger partial charge in [-0.3, -0.25) is 4.90 Å². The SMILES string of the molecule is C=CCN(CC)CC1CCC(CNCC(C)C)O1. The topological polar surface area (TPSA) is 24.5 Å². The summed E-state index contributed by atoms with van der Waals surface area (Å²) in [5.41, 5.74) is 0. The predicted octanol–water partition coefficient (Wildman–Crippen LogP) is 2.29. The first kappa shape index (κ1) is 15.7. The van der Waals surface area contributed by atoms with Crippen LogP contribution in [0.3, 0.4) is 0 Å². The summed E-state index contributed by atoms with van der Waals surface area (Å²) in [7, 11) is 0. The van der Waals surface area contributed by atoms with Crippen LogP contribution in [0, 0.1) is 5.92 Å². The monoisotopic (exact) mass is 254 g/mol. The molecule has 0 spiro atoms. The van der Waals surface area contributed by atoms with E-state index in [1.807, 2.05) is 6.08 Å². The van der Waals surface area contributed by atoms with Crippen molar-refractivity contribution in [3.05, 3.63) is 12.7 Å². The summed E-state index contributed by atoms with van der Waals surface area (Å²) in [5, 5.41) is 3.49. The van der Waals surface area contributed by atoms with E-state index in [0.717, 1.165) is 32.7 Å². The Hall–Kier alpha value is -0.380. The van der Waals surface area contributed by atoms with Crippen LogP contribution in [-0.4, -0.2) is 49.8 Å². The van der Waals surface area contributed by atoms with Crippen LogP contribution in [0.5, 0.6) is 0 Å². The molecular weight excluding hydrogens is 224 g/mol. The second-order valence-corrected chi connectivity index (χ2v) is 5.65. The minimum atomic E-state index is 0.413. The van der Waals surface area contributed by atoms with Gasteiger partial charge < -0.3 is 10.1 Å². The van der Waals surface area contributed by atoms with Crippen molar-refractivity contribution in [3.63, 3.8) is 0 Å². The van der Waals surface area contributed by atoms with Crippen molar-refractivity contribution in [3.8, 4) is 0 Å². The maximum atomic E-state index is 6.08. The Morgan fingerprint density at radius 2 is 2.11 bits per heavy atom. The highest BCUT2D eigenvalue weighted by atomic mass is 16.5. The van der Waals surface area contributed by atoms with Crippen LogP contribution in [-0.2, 0) is 4.74 Å². The average Bonchev–Trinajstić information content (AvgIpc) is 2.76. The molecule has 1 aliphatic heterocycles. The molecule has 106 valence electrons. The lowest BCUT2D eigenvalue weighted by Gasteiger charge is -2.23. The van der Waals surface area contributed by atoms with E-state index in [4.69, 9.17) is 4.74 Å². The number of hydrogen-bond acceptors (Lipinski definition) is 3. The summed E-state index contributed by atoms with van der Waals surface area (Å²) >= 11 is 0. The molecule has 1 rings (SSSR count). The van der Waals surface area contributed by atoms with E-state index < -0.39 is 0 Å². The Kier molecular flexibility index (Phi) is 7.56. The summed E-state index contributed by atoms with van der Waals surface area (Å²) in [6.45, 7) is 15.6. The fourth-order valence-electron chi connectivity index (χ4n) is 2.40. The van der Waals surface area contributed by atoms with E-state index in [0.29, 0.717) is 18.1 Å². The average molecular weight is 254 g/mol. The summed E-state index contributed by atoms with van der Waals surface area (Å²) < 4.78 is 6.08. The molecule has 3 nitrogen and oxygen atoms in total. The molecule has 0 saturated carbocycles. The van der Waals surface area contributed by atoms with Gasteiger partial charge in [-0.05, 0) is 31.8 Å². The fraction of sp³-hybridized carbons (Fsp3) is 0.867. The molecule has 0 aliphatic carbocycles. The molecule has 1 fully saturated rings. The first-order valence-electron chi connectivity index (χ1n) is 7.35. The minimum Gasteiger partial charge on any atom is -0.372 e. The van der Waals surface area contributed by atoms with Crippen LogP contribution in [0.25, 0.3) is 0 Å². The molecule has 0 aromatic heterocycles. The Morgan fingerprint density at radius 1 is 1.39 bits per heavy atom. The number of hydrogen-bond donors (Lipinski definition) is 1. The van der Waals surface area contributed by atoms with Gasteiger partial charge in [-0.2, -0.15) is 0 Å². The van der Waals surface area contributed by atoms with E-state index in [9.17, 15) is 0 Å². The Labute approximate surface area is 113 Å². The standard InChI is InChI=1S/C15H30N2O/c1-5-9-17(6-2)12-15-8-7-14(18-15)11-16-10-13(3)4/h5,13-16H,1,6-12H2,2-4H3. The van der Waals surface area contributed by atoms with E-state index in [2.05, 4.69) is 37.6 Å². The Balaban J connectivity index is 2.17. The molecule has 18 heavy (non-hydrogen) atoms. The zero-order valence-corrected chi connectivity index (χ0v) is 12.3. The molecule has 1 heterocycles. The summed E-state index contributed by atoms with van der Waals surface area (Å²) in [6.07, 6.45) is 5.19.